The van der Waals surface area contributed by atoms with Gasteiger partial charge < -0.3 is 18.9 Å². The van der Waals surface area contributed by atoms with Crippen molar-refractivity contribution >= 4 is 11.6 Å². The van der Waals surface area contributed by atoms with E-state index < -0.39 is 0 Å². The van der Waals surface area contributed by atoms with Crippen LogP contribution < -0.4 is 14.2 Å². The van der Waals surface area contributed by atoms with Crippen molar-refractivity contribution in [3.05, 3.63) is 41.2 Å². The van der Waals surface area contributed by atoms with Crippen LogP contribution in [-0.4, -0.2) is 61.5 Å². The van der Waals surface area contributed by atoms with E-state index in [4.69, 9.17) is 30.5 Å². The number of hydrogen-bond donors (Lipinski definition) is 0. The van der Waals surface area contributed by atoms with Crippen LogP contribution in [-0.2, 0) is 11.3 Å². The molecule has 2 aromatic rings. The fourth-order valence-electron chi connectivity index (χ4n) is 2.85. The lowest BCUT2D eigenvalue weighted by molar-refractivity contribution is -0.0516. The van der Waals surface area contributed by atoms with Crippen LogP contribution in [0.15, 0.2) is 30.6 Å². The van der Waals surface area contributed by atoms with Gasteiger partial charge in [0.05, 0.1) is 25.8 Å². The van der Waals surface area contributed by atoms with Crippen LogP contribution in [0.5, 0.6) is 17.5 Å². The number of benzene rings is 1. The van der Waals surface area contributed by atoms with Crippen molar-refractivity contribution in [1.29, 1.82) is 0 Å². The summed E-state index contributed by atoms with van der Waals surface area (Å²) in [6, 6.07) is 5.94. The molecule has 0 bridgehead atoms. The molecule has 0 saturated carbocycles. The monoisotopic (exact) mass is 379 g/mol. The summed E-state index contributed by atoms with van der Waals surface area (Å²) in [5.74, 6) is 1.18. The Balaban J connectivity index is 1.60. The van der Waals surface area contributed by atoms with E-state index in [0.717, 1.165) is 18.7 Å². The van der Waals surface area contributed by atoms with Gasteiger partial charge >= 0.3 is 6.01 Å². The molecular weight excluding hydrogens is 358 g/mol. The number of hydrogen-bond acceptors (Lipinski definition) is 7. The van der Waals surface area contributed by atoms with E-state index in [0.29, 0.717) is 42.3 Å². The van der Waals surface area contributed by atoms with Crippen LogP contribution >= 0.6 is 11.6 Å². The third-order valence-corrected chi connectivity index (χ3v) is 4.54. The molecule has 8 heteroatoms. The number of methoxy groups -OCH3 is 2. The van der Waals surface area contributed by atoms with E-state index in [1.807, 2.05) is 12.1 Å². The van der Waals surface area contributed by atoms with Crippen molar-refractivity contribution in [2.24, 2.45) is 0 Å². The van der Waals surface area contributed by atoms with Crippen LogP contribution in [0, 0.1) is 0 Å². The minimum Gasteiger partial charge on any atom is -0.493 e. The minimum absolute atomic E-state index is 0.0496. The summed E-state index contributed by atoms with van der Waals surface area (Å²) in [7, 11) is 3.18. The van der Waals surface area contributed by atoms with Crippen LogP contribution in [0.1, 0.15) is 5.56 Å². The minimum atomic E-state index is -0.0496. The molecule has 1 fully saturated rings. The molecule has 1 saturated heterocycles. The first-order chi connectivity index (χ1) is 12.7. The SMILES string of the molecule is COc1ccc(CN2CCOC(COc3ncccn3)C2)c(Cl)c1OC. The molecular formula is C18H22ClN3O4. The third-order valence-electron chi connectivity index (χ3n) is 4.12. The number of morpholine rings is 1. The summed E-state index contributed by atoms with van der Waals surface area (Å²) >= 11 is 6.49. The molecule has 140 valence electrons. The van der Waals surface area contributed by atoms with Gasteiger partial charge in [-0.25, -0.2) is 9.97 Å². The van der Waals surface area contributed by atoms with Crippen molar-refractivity contribution in [1.82, 2.24) is 14.9 Å². The van der Waals surface area contributed by atoms with Crippen LogP contribution in [0.4, 0.5) is 0 Å². The molecule has 1 aromatic carbocycles. The van der Waals surface area contributed by atoms with Gasteiger partial charge in [0.1, 0.15) is 12.7 Å². The van der Waals surface area contributed by atoms with Crippen molar-refractivity contribution in [3.63, 3.8) is 0 Å². The van der Waals surface area contributed by atoms with Crippen molar-refractivity contribution < 1.29 is 18.9 Å². The van der Waals surface area contributed by atoms with Gasteiger partial charge in [-0.1, -0.05) is 17.7 Å². The molecule has 1 aromatic heterocycles. The molecule has 0 aliphatic carbocycles. The van der Waals surface area contributed by atoms with Gasteiger partial charge in [-0.05, 0) is 17.7 Å². The Labute approximate surface area is 157 Å². The molecule has 1 aliphatic heterocycles. The zero-order chi connectivity index (χ0) is 18.4. The van der Waals surface area contributed by atoms with E-state index in [1.165, 1.54) is 0 Å². The van der Waals surface area contributed by atoms with Gasteiger partial charge in [0, 0.05) is 32.0 Å². The van der Waals surface area contributed by atoms with Crippen molar-refractivity contribution in [2.75, 3.05) is 40.5 Å². The van der Waals surface area contributed by atoms with Gasteiger partial charge in [0.15, 0.2) is 11.5 Å². The summed E-state index contributed by atoms with van der Waals surface area (Å²) in [6.45, 7) is 3.29. The fourth-order valence-corrected chi connectivity index (χ4v) is 3.14. The molecule has 0 radical (unpaired) electrons. The molecule has 1 aliphatic rings. The summed E-state index contributed by atoms with van der Waals surface area (Å²) in [4.78, 5) is 10.4. The molecule has 7 nitrogen and oxygen atoms in total. The first-order valence-electron chi connectivity index (χ1n) is 8.34. The highest BCUT2D eigenvalue weighted by molar-refractivity contribution is 6.33. The third kappa shape index (κ3) is 4.55. The number of ether oxygens (including phenoxy) is 4. The molecule has 1 atom stereocenters. The highest BCUT2D eigenvalue weighted by Crippen LogP contribution is 2.37. The van der Waals surface area contributed by atoms with E-state index in [-0.39, 0.29) is 6.10 Å². The number of nitrogens with zero attached hydrogens (tertiary/aromatic N) is 3. The molecule has 3 rings (SSSR count). The topological polar surface area (TPSA) is 65.9 Å². The predicted molar refractivity (Wildman–Crippen MR) is 97.1 cm³/mol. The predicted octanol–water partition coefficient (Wildman–Crippen LogP) is 2.43. The first-order valence-corrected chi connectivity index (χ1v) is 8.72. The zero-order valence-electron chi connectivity index (χ0n) is 14.9. The molecule has 0 spiro atoms. The molecule has 1 unspecified atom stereocenters. The zero-order valence-corrected chi connectivity index (χ0v) is 15.6. The Bertz CT molecular complexity index is 717. The number of halogens is 1. The highest BCUT2D eigenvalue weighted by Gasteiger charge is 2.23. The lowest BCUT2D eigenvalue weighted by Gasteiger charge is -2.32. The summed E-state index contributed by atoms with van der Waals surface area (Å²) in [5.41, 5.74) is 0.984. The van der Waals surface area contributed by atoms with Gasteiger partial charge in [-0.15, -0.1) is 0 Å². The Morgan fingerprint density at radius 2 is 2.04 bits per heavy atom. The highest BCUT2D eigenvalue weighted by atomic mass is 35.5. The van der Waals surface area contributed by atoms with Crippen molar-refractivity contribution in [2.45, 2.75) is 12.6 Å². The van der Waals surface area contributed by atoms with Gasteiger partial charge in [0.25, 0.3) is 0 Å². The quantitative estimate of drug-likeness (QED) is 0.731. The largest absolute Gasteiger partial charge is 0.493 e. The Hall–Kier alpha value is -2.09. The molecule has 2 heterocycles. The van der Waals surface area contributed by atoms with Crippen LogP contribution in [0.2, 0.25) is 5.02 Å². The smallest absolute Gasteiger partial charge is 0.316 e. The van der Waals surface area contributed by atoms with E-state index in [1.54, 1.807) is 32.7 Å². The maximum Gasteiger partial charge on any atom is 0.316 e. The second-order valence-corrected chi connectivity index (χ2v) is 6.22. The van der Waals surface area contributed by atoms with Crippen LogP contribution in [0.25, 0.3) is 0 Å². The van der Waals surface area contributed by atoms with E-state index >= 15 is 0 Å². The summed E-state index contributed by atoms with van der Waals surface area (Å²) in [5, 5.41) is 0.573. The van der Waals surface area contributed by atoms with E-state index in [2.05, 4.69) is 14.9 Å². The summed E-state index contributed by atoms with van der Waals surface area (Å²) < 4.78 is 22.0. The summed E-state index contributed by atoms with van der Waals surface area (Å²) in [6.07, 6.45) is 3.25. The Morgan fingerprint density at radius 1 is 1.23 bits per heavy atom. The van der Waals surface area contributed by atoms with Gasteiger partial charge in [0.2, 0.25) is 0 Å². The Morgan fingerprint density at radius 3 is 2.77 bits per heavy atom. The first kappa shape index (κ1) is 18.7. The maximum absolute atomic E-state index is 6.49. The maximum atomic E-state index is 6.49. The molecule has 0 N–H and O–H groups in total. The second-order valence-electron chi connectivity index (χ2n) is 5.84. The fraction of sp³-hybridized carbons (Fsp3) is 0.444. The Kier molecular flexibility index (Phi) is 6.49. The normalized spacial score (nSPS) is 17.7. The van der Waals surface area contributed by atoms with Crippen molar-refractivity contribution in [3.8, 4) is 17.5 Å². The standard InChI is InChI=1S/C18H22ClN3O4/c1-23-15-5-4-13(16(19)17(15)24-2)10-22-8-9-25-14(11-22)12-26-18-20-6-3-7-21-18/h3-7,14H,8-12H2,1-2H3. The number of aromatic nitrogens is 2. The lowest BCUT2D eigenvalue weighted by atomic mass is 10.1. The lowest BCUT2D eigenvalue weighted by Crippen LogP contribution is -2.44. The molecule has 0 amide bonds. The van der Waals surface area contributed by atoms with Crippen LogP contribution in [0.3, 0.4) is 0 Å². The molecule has 26 heavy (non-hydrogen) atoms. The second kappa shape index (κ2) is 9.02. The average molecular weight is 380 g/mol. The van der Waals surface area contributed by atoms with Gasteiger partial charge in [-0.3, -0.25) is 4.90 Å². The number of rotatable bonds is 7. The van der Waals surface area contributed by atoms with Gasteiger partial charge in [-0.2, -0.15) is 0 Å². The average Bonchev–Trinajstić information content (AvgIpc) is 2.69. The van der Waals surface area contributed by atoms with E-state index in [9.17, 15) is 0 Å².